The van der Waals surface area contributed by atoms with Crippen molar-refractivity contribution >= 4 is 5.82 Å². The number of hydrogen-bond donors (Lipinski definition) is 1. The molecule has 1 aromatic carbocycles. The molecule has 2 N–H and O–H groups in total. The molecule has 0 spiro atoms. The minimum absolute atomic E-state index is 0.203. The zero-order chi connectivity index (χ0) is 18.8. The van der Waals surface area contributed by atoms with Crippen LogP contribution in [0.2, 0.25) is 0 Å². The third-order valence-corrected chi connectivity index (χ3v) is 3.99. The van der Waals surface area contributed by atoms with E-state index in [4.69, 9.17) is 15.0 Å². The molecule has 0 saturated carbocycles. The molecular formula is C18H15FN6O2. The number of rotatable bonds is 5. The second-order valence-corrected chi connectivity index (χ2v) is 5.70. The normalized spacial score (nSPS) is 10.9. The van der Waals surface area contributed by atoms with Gasteiger partial charge in [-0.1, -0.05) is 23.4 Å². The lowest BCUT2D eigenvalue weighted by Crippen LogP contribution is -2.06. The van der Waals surface area contributed by atoms with Crippen molar-refractivity contribution in [1.82, 2.24) is 24.9 Å². The first-order valence-electron chi connectivity index (χ1n) is 8.04. The Bertz CT molecular complexity index is 1080. The second-order valence-electron chi connectivity index (χ2n) is 5.70. The predicted molar refractivity (Wildman–Crippen MR) is 95.2 cm³/mol. The van der Waals surface area contributed by atoms with E-state index in [9.17, 15) is 4.39 Å². The van der Waals surface area contributed by atoms with Gasteiger partial charge >= 0.3 is 0 Å². The second kappa shape index (κ2) is 6.87. The molecule has 8 nitrogen and oxygen atoms in total. The lowest BCUT2D eigenvalue weighted by molar-refractivity contribution is 0.413. The lowest BCUT2D eigenvalue weighted by atomic mass is 10.2. The third-order valence-electron chi connectivity index (χ3n) is 3.99. The number of nitrogen functional groups attached to an aromatic ring is 1. The topological polar surface area (TPSA) is 105 Å². The number of nitrogens with zero attached hydrogens (tertiary/aromatic N) is 5. The van der Waals surface area contributed by atoms with Gasteiger partial charge in [0.25, 0.3) is 0 Å². The molecule has 4 rings (SSSR count). The minimum Gasteiger partial charge on any atom is -0.491 e. The monoisotopic (exact) mass is 366 g/mol. The summed E-state index contributed by atoms with van der Waals surface area (Å²) >= 11 is 0. The molecule has 27 heavy (non-hydrogen) atoms. The van der Waals surface area contributed by atoms with Gasteiger partial charge in [-0.3, -0.25) is 4.68 Å². The predicted octanol–water partition coefficient (Wildman–Crippen LogP) is 2.77. The van der Waals surface area contributed by atoms with E-state index in [0.717, 1.165) is 0 Å². The van der Waals surface area contributed by atoms with Gasteiger partial charge in [0.1, 0.15) is 23.5 Å². The molecular weight excluding hydrogens is 351 g/mol. The highest BCUT2D eigenvalue weighted by molar-refractivity contribution is 5.64. The van der Waals surface area contributed by atoms with Crippen LogP contribution in [0.1, 0.15) is 5.56 Å². The number of benzene rings is 1. The summed E-state index contributed by atoms with van der Waals surface area (Å²) < 4.78 is 25.7. The lowest BCUT2D eigenvalue weighted by Gasteiger charge is -2.06. The van der Waals surface area contributed by atoms with Crippen molar-refractivity contribution in [2.24, 2.45) is 0 Å². The van der Waals surface area contributed by atoms with Crippen LogP contribution in [0.15, 0.2) is 53.4 Å². The van der Waals surface area contributed by atoms with Crippen LogP contribution in [0.5, 0.6) is 5.75 Å². The molecule has 0 bridgehead atoms. The number of nitrogens with two attached hydrogens (primary N) is 1. The smallest absolute Gasteiger partial charge is 0.182 e. The number of ether oxygens (including phenoxy) is 1. The third kappa shape index (κ3) is 3.22. The zero-order valence-corrected chi connectivity index (χ0v) is 14.3. The van der Waals surface area contributed by atoms with Gasteiger partial charge < -0.3 is 15.0 Å². The van der Waals surface area contributed by atoms with Crippen molar-refractivity contribution in [3.63, 3.8) is 0 Å². The van der Waals surface area contributed by atoms with Gasteiger partial charge in [0.05, 0.1) is 25.5 Å². The summed E-state index contributed by atoms with van der Waals surface area (Å²) in [5.74, 6) is 0.589. The molecule has 3 heterocycles. The van der Waals surface area contributed by atoms with Crippen molar-refractivity contribution in [2.45, 2.75) is 6.54 Å². The fourth-order valence-electron chi connectivity index (χ4n) is 2.65. The van der Waals surface area contributed by atoms with Crippen molar-refractivity contribution in [3.05, 3.63) is 60.2 Å². The maximum atomic E-state index is 14.1. The number of hydrogen-bond acceptors (Lipinski definition) is 7. The fourth-order valence-corrected chi connectivity index (χ4v) is 2.65. The van der Waals surface area contributed by atoms with E-state index < -0.39 is 0 Å². The van der Waals surface area contributed by atoms with E-state index in [0.29, 0.717) is 34.2 Å². The summed E-state index contributed by atoms with van der Waals surface area (Å²) in [7, 11) is 1.49. The maximum absolute atomic E-state index is 14.1. The molecule has 0 aliphatic rings. The van der Waals surface area contributed by atoms with Crippen LogP contribution in [-0.2, 0) is 6.54 Å². The molecule has 0 atom stereocenters. The molecule has 136 valence electrons. The molecule has 0 amide bonds. The minimum atomic E-state index is -0.314. The molecule has 9 heteroatoms. The summed E-state index contributed by atoms with van der Waals surface area (Å²) in [4.78, 5) is 8.45. The zero-order valence-electron chi connectivity index (χ0n) is 14.3. The Morgan fingerprint density at radius 2 is 2.07 bits per heavy atom. The van der Waals surface area contributed by atoms with Gasteiger partial charge in [-0.25, -0.2) is 14.4 Å². The van der Waals surface area contributed by atoms with Crippen LogP contribution >= 0.6 is 0 Å². The van der Waals surface area contributed by atoms with Gasteiger partial charge in [-0.05, 0) is 12.1 Å². The average Bonchev–Trinajstić information content (AvgIpc) is 3.33. The van der Waals surface area contributed by atoms with E-state index in [1.54, 1.807) is 35.0 Å². The Hall–Kier alpha value is -3.75. The van der Waals surface area contributed by atoms with Crippen molar-refractivity contribution in [3.8, 4) is 28.7 Å². The molecule has 0 fully saturated rings. The van der Waals surface area contributed by atoms with Gasteiger partial charge in [0, 0.05) is 11.6 Å². The Morgan fingerprint density at radius 3 is 2.78 bits per heavy atom. The van der Waals surface area contributed by atoms with Crippen LogP contribution in [0.4, 0.5) is 10.2 Å². The summed E-state index contributed by atoms with van der Waals surface area (Å²) in [6.07, 6.45) is 2.93. The van der Waals surface area contributed by atoms with E-state index in [1.165, 1.54) is 25.6 Å². The number of methoxy groups -OCH3 is 1. The Balaban J connectivity index is 1.78. The average molecular weight is 366 g/mol. The molecule has 0 radical (unpaired) electrons. The molecule has 4 aromatic rings. The molecule has 0 aliphatic carbocycles. The summed E-state index contributed by atoms with van der Waals surface area (Å²) in [6, 6.07) is 9.96. The van der Waals surface area contributed by atoms with E-state index in [-0.39, 0.29) is 18.2 Å². The highest BCUT2D eigenvalue weighted by Crippen LogP contribution is 2.26. The van der Waals surface area contributed by atoms with E-state index >= 15 is 0 Å². The van der Waals surface area contributed by atoms with Crippen LogP contribution in [0, 0.1) is 5.82 Å². The summed E-state index contributed by atoms with van der Waals surface area (Å²) in [5, 5.41) is 8.46. The standard InChI is InChI=1S/C18H15FN6O2/c1-26-16-9-21-18(22-17(16)20)14-8-15(13-6-7-27-24-13)25(23-14)10-11-4-2-3-5-12(11)19/h2-9H,10H2,1H3,(H2,20,21,22). The summed E-state index contributed by atoms with van der Waals surface area (Å²) in [5.41, 5.74) is 8.03. The first kappa shape index (κ1) is 16.7. The van der Waals surface area contributed by atoms with Crippen molar-refractivity contribution in [2.75, 3.05) is 12.8 Å². The molecule has 3 aromatic heterocycles. The van der Waals surface area contributed by atoms with Gasteiger partial charge in [-0.2, -0.15) is 5.10 Å². The fraction of sp³-hybridized carbons (Fsp3) is 0.111. The summed E-state index contributed by atoms with van der Waals surface area (Å²) in [6.45, 7) is 0.209. The highest BCUT2D eigenvalue weighted by atomic mass is 19.1. The van der Waals surface area contributed by atoms with Crippen LogP contribution in [0.3, 0.4) is 0 Å². The van der Waals surface area contributed by atoms with Crippen molar-refractivity contribution < 1.29 is 13.7 Å². The Labute approximate surface area is 153 Å². The number of halogens is 1. The van der Waals surface area contributed by atoms with E-state index in [2.05, 4.69) is 20.2 Å². The first-order chi connectivity index (χ1) is 13.2. The van der Waals surface area contributed by atoms with Crippen LogP contribution < -0.4 is 10.5 Å². The SMILES string of the molecule is COc1cnc(-c2cc(-c3ccon3)n(Cc3ccccc3F)n2)nc1N. The highest BCUT2D eigenvalue weighted by Gasteiger charge is 2.17. The van der Waals surface area contributed by atoms with E-state index in [1.807, 2.05) is 0 Å². The Kier molecular flexibility index (Phi) is 4.25. The van der Waals surface area contributed by atoms with Gasteiger partial charge in [-0.15, -0.1) is 0 Å². The quantitative estimate of drug-likeness (QED) is 0.579. The van der Waals surface area contributed by atoms with Crippen LogP contribution in [-0.4, -0.2) is 32.0 Å². The number of aromatic nitrogens is 5. The molecule has 0 unspecified atom stereocenters. The number of anilines is 1. The largest absolute Gasteiger partial charge is 0.491 e. The van der Waals surface area contributed by atoms with Gasteiger partial charge in [0.2, 0.25) is 0 Å². The Morgan fingerprint density at radius 1 is 1.22 bits per heavy atom. The molecule has 0 saturated heterocycles. The van der Waals surface area contributed by atoms with Crippen LogP contribution in [0.25, 0.3) is 22.9 Å². The first-order valence-corrected chi connectivity index (χ1v) is 8.04. The van der Waals surface area contributed by atoms with Crippen molar-refractivity contribution in [1.29, 1.82) is 0 Å². The molecule has 0 aliphatic heterocycles. The van der Waals surface area contributed by atoms with Gasteiger partial charge in [0.15, 0.2) is 17.4 Å². The maximum Gasteiger partial charge on any atom is 0.182 e.